The number of nitrogens with one attached hydrogen (secondary N) is 1. The van der Waals surface area contributed by atoms with Crippen molar-refractivity contribution < 1.29 is 27.5 Å². The van der Waals surface area contributed by atoms with Gasteiger partial charge in [-0.1, -0.05) is 0 Å². The van der Waals surface area contributed by atoms with Crippen LogP contribution in [0.3, 0.4) is 0 Å². The summed E-state index contributed by atoms with van der Waals surface area (Å²) in [6, 6.07) is 0. The molecule has 1 aliphatic carbocycles. The van der Waals surface area contributed by atoms with Crippen LogP contribution in [0.2, 0.25) is 0 Å². The molecule has 0 radical (unpaired) electrons. The fraction of sp³-hybridized carbons (Fsp3) is 0.500. The minimum Gasteiger partial charge on any atom is -0.462 e. The highest BCUT2D eigenvalue weighted by atomic mass is 79.9. The highest BCUT2D eigenvalue weighted by Crippen LogP contribution is 2.46. The molecule has 1 amide bonds. The van der Waals surface area contributed by atoms with Crippen LogP contribution in [0.25, 0.3) is 0 Å². The Morgan fingerprint density at radius 2 is 2.07 bits per heavy atom. The topological polar surface area (TPSA) is 91.0 Å². The molecule has 1 N–H and O–H groups in total. The number of halogens is 4. The van der Waals surface area contributed by atoms with Crippen LogP contribution in [-0.2, 0) is 29.3 Å². The van der Waals surface area contributed by atoms with Gasteiger partial charge in [-0.3, -0.25) is 14.2 Å². The Hall–Kier alpha value is -2.37. The minimum atomic E-state index is -4.64. The summed E-state index contributed by atoms with van der Waals surface area (Å²) >= 11 is 2.98. The van der Waals surface area contributed by atoms with E-state index in [1.165, 1.54) is 17.9 Å². The van der Waals surface area contributed by atoms with Crippen LogP contribution in [0.15, 0.2) is 10.7 Å². The minimum absolute atomic E-state index is 0.0535. The fourth-order valence-corrected chi connectivity index (χ4v) is 3.59. The van der Waals surface area contributed by atoms with Gasteiger partial charge < -0.3 is 10.1 Å². The molecule has 1 fully saturated rings. The van der Waals surface area contributed by atoms with Gasteiger partial charge in [0.1, 0.15) is 17.9 Å². The first-order chi connectivity index (χ1) is 13.1. The highest BCUT2D eigenvalue weighted by molar-refractivity contribution is 9.10. The predicted molar refractivity (Wildman–Crippen MR) is 94.7 cm³/mol. The number of ether oxygens (including phenoxy) is 1. The quantitative estimate of drug-likeness (QED) is 0.664. The van der Waals surface area contributed by atoms with Gasteiger partial charge in [0.05, 0.1) is 23.0 Å². The number of anilines is 1. The summed E-state index contributed by atoms with van der Waals surface area (Å²) in [5, 5.41) is 10.0. The van der Waals surface area contributed by atoms with Gasteiger partial charge in [-0.2, -0.15) is 23.4 Å². The maximum atomic E-state index is 13.2. The number of nitrogens with zero attached hydrogens (tertiary/aromatic N) is 4. The third-order valence-electron chi connectivity index (χ3n) is 4.15. The number of aromatic nitrogens is 4. The average Bonchev–Trinajstić information content (AvgIpc) is 3.28. The molecule has 12 heteroatoms. The third-order valence-corrected chi connectivity index (χ3v) is 4.93. The second kappa shape index (κ2) is 7.57. The lowest BCUT2D eigenvalue weighted by Crippen LogP contribution is -2.23. The van der Waals surface area contributed by atoms with E-state index in [1.54, 1.807) is 6.92 Å². The van der Waals surface area contributed by atoms with E-state index in [-0.39, 0.29) is 28.4 Å². The Kier molecular flexibility index (Phi) is 5.50. The average molecular weight is 464 g/mol. The van der Waals surface area contributed by atoms with Crippen molar-refractivity contribution >= 4 is 33.6 Å². The van der Waals surface area contributed by atoms with Crippen LogP contribution < -0.4 is 5.32 Å². The van der Waals surface area contributed by atoms with Crippen molar-refractivity contribution in [1.82, 2.24) is 19.6 Å². The molecule has 1 aliphatic rings. The molecule has 2 aromatic heterocycles. The van der Waals surface area contributed by atoms with E-state index in [0.29, 0.717) is 5.69 Å². The number of carbonyl (C=O) groups excluding carboxylic acids is 2. The Bertz CT molecular complexity index is 918. The van der Waals surface area contributed by atoms with Crippen molar-refractivity contribution in [3.8, 4) is 0 Å². The second-order valence-corrected chi connectivity index (χ2v) is 7.07. The monoisotopic (exact) mass is 463 g/mol. The molecular weight excluding hydrogens is 447 g/mol. The number of amides is 1. The number of carbonyl (C=O) groups is 2. The van der Waals surface area contributed by atoms with E-state index >= 15 is 0 Å². The van der Waals surface area contributed by atoms with Crippen molar-refractivity contribution in [1.29, 1.82) is 0 Å². The van der Waals surface area contributed by atoms with Crippen molar-refractivity contribution in [3.63, 3.8) is 0 Å². The first-order valence-electron chi connectivity index (χ1n) is 8.45. The highest BCUT2D eigenvalue weighted by Gasteiger charge is 2.42. The molecule has 3 rings (SSSR count). The first-order valence-corrected chi connectivity index (χ1v) is 9.25. The van der Waals surface area contributed by atoms with Gasteiger partial charge in [-0.25, -0.2) is 4.79 Å². The predicted octanol–water partition coefficient (Wildman–Crippen LogP) is 3.09. The largest absolute Gasteiger partial charge is 0.462 e. The van der Waals surface area contributed by atoms with E-state index < -0.39 is 30.3 Å². The number of rotatable bonds is 6. The number of hydrogen-bond acceptors (Lipinski definition) is 5. The van der Waals surface area contributed by atoms with Crippen LogP contribution in [0.1, 0.15) is 47.4 Å². The first kappa shape index (κ1) is 20.4. The Labute approximate surface area is 166 Å². The maximum absolute atomic E-state index is 13.2. The summed E-state index contributed by atoms with van der Waals surface area (Å²) < 4.78 is 46.6. The summed E-state index contributed by atoms with van der Waals surface area (Å²) in [5.41, 5.74) is -0.661. The van der Waals surface area contributed by atoms with Gasteiger partial charge in [0, 0.05) is 13.0 Å². The summed E-state index contributed by atoms with van der Waals surface area (Å²) in [6.07, 6.45) is -1.92. The molecule has 0 spiro atoms. The molecule has 0 bridgehead atoms. The van der Waals surface area contributed by atoms with Gasteiger partial charge in [-0.05, 0) is 35.7 Å². The van der Waals surface area contributed by atoms with E-state index in [9.17, 15) is 22.8 Å². The lowest BCUT2D eigenvalue weighted by molar-refractivity contribution is -0.142. The van der Waals surface area contributed by atoms with Crippen molar-refractivity contribution in [2.24, 2.45) is 7.05 Å². The zero-order valence-electron chi connectivity index (χ0n) is 15.0. The van der Waals surface area contributed by atoms with Crippen molar-refractivity contribution in [3.05, 3.63) is 27.6 Å². The number of aryl methyl sites for hydroxylation is 1. The molecule has 0 saturated heterocycles. The molecule has 1 saturated carbocycles. The maximum Gasteiger partial charge on any atom is 0.436 e. The van der Waals surface area contributed by atoms with E-state index in [0.717, 1.165) is 17.5 Å². The Morgan fingerprint density at radius 3 is 2.64 bits per heavy atom. The SMILES string of the molecule is CCOC(=O)c1cnn(C)c1NC(=O)Cn1nc(C(F)(F)F)c(Br)c1C1CC1. The fourth-order valence-electron chi connectivity index (χ4n) is 2.75. The zero-order valence-corrected chi connectivity index (χ0v) is 16.6. The zero-order chi connectivity index (χ0) is 20.6. The molecule has 28 heavy (non-hydrogen) atoms. The van der Waals surface area contributed by atoms with Crippen LogP contribution in [-0.4, -0.2) is 38.0 Å². The van der Waals surface area contributed by atoms with E-state index in [2.05, 4.69) is 31.4 Å². The molecule has 0 unspecified atom stereocenters. The molecule has 0 atom stereocenters. The van der Waals surface area contributed by atoms with Gasteiger partial charge in [0.2, 0.25) is 5.91 Å². The lowest BCUT2D eigenvalue weighted by atomic mass is 10.2. The molecule has 2 aromatic rings. The molecule has 152 valence electrons. The van der Waals surface area contributed by atoms with Gasteiger partial charge >= 0.3 is 12.1 Å². The van der Waals surface area contributed by atoms with Crippen LogP contribution in [0, 0.1) is 0 Å². The van der Waals surface area contributed by atoms with Crippen LogP contribution in [0.5, 0.6) is 0 Å². The number of hydrogen-bond donors (Lipinski definition) is 1. The number of esters is 1. The molecule has 8 nitrogen and oxygen atoms in total. The Balaban J connectivity index is 1.83. The molecular formula is C16H17BrF3N5O3. The van der Waals surface area contributed by atoms with E-state index in [1.807, 2.05) is 0 Å². The van der Waals surface area contributed by atoms with Gasteiger partial charge in [0.15, 0.2) is 5.69 Å². The summed E-state index contributed by atoms with van der Waals surface area (Å²) in [4.78, 5) is 24.4. The normalized spacial score (nSPS) is 14.2. The van der Waals surface area contributed by atoms with Crippen LogP contribution in [0.4, 0.5) is 19.0 Å². The van der Waals surface area contributed by atoms with E-state index in [4.69, 9.17) is 4.74 Å². The smallest absolute Gasteiger partial charge is 0.436 e. The second-order valence-electron chi connectivity index (χ2n) is 6.28. The van der Waals surface area contributed by atoms with Gasteiger partial charge in [-0.15, -0.1) is 0 Å². The van der Waals surface area contributed by atoms with Crippen molar-refractivity contribution in [2.45, 2.75) is 38.4 Å². The third kappa shape index (κ3) is 4.05. The molecule has 0 aromatic carbocycles. The van der Waals surface area contributed by atoms with Crippen LogP contribution >= 0.6 is 15.9 Å². The summed E-state index contributed by atoms with van der Waals surface area (Å²) in [5.74, 6) is -1.28. The standard InChI is InChI=1S/C16H17BrF3N5O3/c1-3-28-15(27)9-6-21-24(2)14(9)22-10(26)7-25-12(8-4-5-8)11(17)13(23-25)16(18,19)20/h6,8H,3-5,7H2,1-2H3,(H,22,26). The summed E-state index contributed by atoms with van der Waals surface area (Å²) in [6.45, 7) is 1.35. The van der Waals surface area contributed by atoms with Crippen molar-refractivity contribution in [2.75, 3.05) is 11.9 Å². The summed E-state index contributed by atoms with van der Waals surface area (Å²) in [7, 11) is 1.51. The lowest BCUT2D eigenvalue weighted by Gasteiger charge is -2.10. The van der Waals surface area contributed by atoms with Gasteiger partial charge in [0.25, 0.3) is 0 Å². The Morgan fingerprint density at radius 1 is 1.39 bits per heavy atom. The molecule has 2 heterocycles. The number of alkyl halides is 3. The molecule has 0 aliphatic heterocycles.